The second-order valence-corrected chi connectivity index (χ2v) is 7.01. The van der Waals surface area contributed by atoms with Gasteiger partial charge in [-0.3, -0.25) is 9.69 Å². The van der Waals surface area contributed by atoms with Crippen molar-refractivity contribution in [1.29, 1.82) is 0 Å². The normalized spacial score (nSPS) is 15.7. The summed E-state index contributed by atoms with van der Waals surface area (Å²) in [6.07, 6.45) is 2.42. The van der Waals surface area contributed by atoms with Gasteiger partial charge in [-0.1, -0.05) is 30.3 Å². The molecule has 1 aliphatic rings. The fraction of sp³-hybridized carbons (Fsp3) is 0.318. The zero-order chi connectivity index (χ0) is 18.6. The zero-order valence-electron chi connectivity index (χ0n) is 15.6. The molecule has 1 saturated heterocycles. The number of likely N-dealkylation sites (tertiary alicyclic amines) is 1. The Bertz CT molecular complexity index is 878. The smallest absolute Gasteiger partial charge is 0.267 e. The van der Waals surface area contributed by atoms with Crippen molar-refractivity contribution >= 4 is 16.8 Å². The van der Waals surface area contributed by atoms with E-state index >= 15 is 0 Å². The molecule has 1 unspecified atom stereocenters. The van der Waals surface area contributed by atoms with E-state index < -0.39 is 0 Å². The number of nitrogens with one attached hydrogen (secondary N) is 2. The average Bonchev–Trinajstić information content (AvgIpc) is 3.38. The van der Waals surface area contributed by atoms with Gasteiger partial charge in [0.05, 0.1) is 13.2 Å². The van der Waals surface area contributed by atoms with E-state index in [1.807, 2.05) is 42.5 Å². The van der Waals surface area contributed by atoms with Gasteiger partial charge in [-0.2, -0.15) is 0 Å². The maximum absolute atomic E-state index is 12.7. The molecule has 0 saturated carbocycles. The maximum atomic E-state index is 12.7. The van der Waals surface area contributed by atoms with Crippen LogP contribution in [0.15, 0.2) is 54.6 Å². The minimum atomic E-state index is -0.0658. The lowest BCUT2D eigenvalue weighted by molar-refractivity contribution is 0.0933. The van der Waals surface area contributed by atoms with E-state index in [1.165, 1.54) is 18.4 Å². The summed E-state index contributed by atoms with van der Waals surface area (Å²) in [5, 5.41) is 4.17. The Balaban J connectivity index is 1.49. The number of nitrogens with zero attached hydrogens (tertiary/aromatic N) is 1. The topological polar surface area (TPSA) is 57.4 Å². The highest BCUT2D eigenvalue weighted by molar-refractivity contribution is 5.97. The highest BCUT2D eigenvalue weighted by atomic mass is 16.5. The Labute approximate surface area is 159 Å². The predicted molar refractivity (Wildman–Crippen MR) is 107 cm³/mol. The van der Waals surface area contributed by atoms with Gasteiger partial charge in [0.25, 0.3) is 5.91 Å². The summed E-state index contributed by atoms with van der Waals surface area (Å²) in [7, 11) is 1.67. The molecule has 2 N–H and O–H groups in total. The number of amides is 1. The van der Waals surface area contributed by atoms with Crippen LogP contribution >= 0.6 is 0 Å². The van der Waals surface area contributed by atoms with Gasteiger partial charge in [0, 0.05) is 17.4 Å². The summed E-state index contributed by atoms with van der Waals surface area (Å²) in [5.74, 6) is 0.782. The van der Waals surface area contributed by atoms with Gasteiger partial charge < -0.3 is 15.0 Å². The average molecular weight is 363 g/mol. The second-order valence-electron chi connectivity index (χ2n) is 7.01. The first-order valence-electron chi connectivity index (χ1n) is 9.48. The van der Waals surface area contributed by atoms with Crippen molar-refractivity contribution in [3.8, 4) is 5.75 Å². The van der Waals surface area contributed by atoms with Crippen molar-refractivity contribution in [3.63, 3.8) is 0 Å². The molecule has 5 nitrogen and oxygen atoms in total. The first-order chi connectivity index (χ1) is 13.2. The minimum Gasteiger partial charge on any atom is -0.497 e. The number of methoxy groups -OCH3 is 1. The van der Waals surface area contributed by atoms with Gasteiger partial charge in [0.1, 0.15) is 11.4 Å². The van der Waals surface area contributed by atoms with Gasteiger partial charge in [0.2, 0.25) is 0 Å². The molecule has 2 heterocycles. The molecule has 27 heavy (non-hydrogen) atoms. The lowest BCUT2D eigenvalue weighted by atomic mass is 10.1. The molecule has 0 bridgehead atoms. The summed E-state index contributed by atoms with van der Waals surface area (Å²) in [4.78, 5) is 18.3. The lowest BCUT2D eigenvalue weighted by Crippen LogP contribution is -2.36. The van der Waals surface area contributed by atoms with E-state index in [2.05, 4.69) is 27.3 Å². The van der Waals surface area contributed by atoms with Gasteiger partial charge in [0.15, 0.2) is 0 Å². The molecular formula is C22H25N3O2. The van der Waals surface area contributed by atoms with Crippen LogP contribution in [0.1, 0.15) is 34.9 Å². The first kappa shape index (κ1) is 17.6. The maximum Gasteiger partial charge on any atom is 0.267 e. The third-order valence-electron chi connectivity index (χ3n) is 5.31. The van der Waals surface area contributed by atoms with Crippen LogP contribution in [0.25, 0.3) is 10.9 Å². The van der Waals surface area contributed by atoms with Gasteiger partial charge in [-0.15, -0.1) is 0 Å². The van der Waals surface area contributed by atoms with Crippen molar-refractivity contribution in [2.24, 2.45) is 0 Å². The van der Waals surface area contributed by atoms with Crippen LogP contribution < -0.4 is 10.1 Å². The van der Waals surface area contributed by atoms with Crippen LogP contribution in [0, 0.1) is 0 Å². The number of carbonyl (C=O) groups excluding carboxylic acids is 1. The molecule has 0 aliphatic carbocycles. The quantitative estimate of drug-likeness (QED) is 0.701. The van der Waals surface area contributed by atoms with Gasteiger partial charge in [-0.05, 0) is 55.8 Å². The fourth-order valence-corrected chi connectivity index (χ4v) is 3.82. The van der Waals surface area contributed by atoms with Crippen molar-refractivity contribution in [1.82, 2.24) is 15.2 Å². The van der Waals surface area contributed by atoms with Crippen LogP contribution in [0.2, 0.25) is 0 Å². The SMILES string of the molecule is COc1ccc(C(CNC(=O)c2cc3ccccc3[nH]2)N2CCCC2)cc1. The highest BCUT2D eigenvalue weighted by Gasteiger charge is 2.24. The third-order valence-corrected chi connectivity index (χ3v) is 5.31. The molecule has 0 spiro atoms. The van der Waals surface area contributed by atoms with Crippen molar-refractivity contribution < 1.29 is 9.53 Å². The standard InChI is InChI=1S/C22H25N3O2/c1-27-18-10-8-16(9-11-18)21(25-12-4-5-13-25)15-23-22(26)20-14-17-6-2-3-7-19(17)24-20/h2-3,6-11,14,21,24H,4-5,12-13,15H2,1H3,(H,23,26). The molecular weight excluding hydrogens is 338 g/mol. The number of hydrogen-bond donors (Lipinski definition) is 2. The van der Waals surface area contributed by atoms with E-state index in [0.29, 0.717) is 12.2 Å². The Morgan fingerprint density at radius 2 is 1.89 bits per heavy atom. The second kappa shape index (κ2) is 7.84. The number of fused-ring (bicyclic) bond motifs is 1. The van der Waals surface area contributed by atoms with E-state index in [1.54, 1.807) is 7.11 Å². The summed E-state index contributed by atoms with van der Waals surface area (Å²) >= 11 is 0. The summed E-state index contributed by atoms with van der Waals surface area (Å²) in [5.41, 5.74) is 2.79. The molecule has 2 aromatic carbocycles. The number of rotatable bonds is 6. The molecule has 1 atom stereocenters. The number of H-pyrrole nitrogens is 1. The molecule has 1 fully saturated rings. The Hall–Kier alpha value is -2.79. The number of para-hydroxylation sites is 1. The molecule has 1 amide bonds. The summed E-state index contributed by atoms with van der Waals surface area (Å²) in [6.45, 7) is 2.72. The molecule has 1 aliphatic heterocycles. The number of carbonyl (C=O) groups is 1. The predicted octanol–water partition coefficient (Wildman–Crippen LogP) is 3.74. The van der Waals surface area contributed by atoms with Crippen molar-refractivity contribution in [2.75, 3.05) is 26.7 Å². The highest BCUT2D eigenvalue weighted by Crippen LogP contribution is 2.26. The molecule has 1 aromatic heterocycles. The minimum absolute atomic E-state index is 0.0658. The lowest BCUT2D eigenvalue weighted by Gasteiger charge is -2.28. The van der Waals surface area contributed by atoms with Crippen molar-refractivity contribution in [3.05, 3.63) is 65.9 Å². The zero-order valence-corrected chi connectivity index (χ0v) is 15.6. The number of aromatic nitrogens is 1. The Morgan fingerprint density at radius 3 is 2.59 bits per heavy atom. The van der Waals surface area contributed by atoms with Gasteiger partial charge >= 0.3 is 0 Å². The summed E-state index contributed by atoms with van der Waals surface area (Å²) in [6, 6.07) is 18.2. The number of aromatic amines is 1. The van der Waals surface area contributed by atoms with Crippen molar-refractivity contribution in [2.45, 2.75) is 18.9 Å². The van der Waals surface area contributed by atoms with E-state index in [4.69, 9.17) is 4.74 Å². The number of benzene rings is 2. The third kappa shape index (κ3) is 3.83. The monoisotopic (exact) mass is 363 g/mol. The van der Waals surface area contributed by atoms with Crippen LogP contribution in [-0.4, -0.2) is 42.5 Å². The first-order valence-corrected chi connectivity index (χ1v) is 9.48. The van der Waals surface area contributed by atoms with E-state index in [-0.39, 0.29) is 11.9 Å². The van der Waals surface area contributed by atoms with E-state index in [0.717, 1.165) is 29.7 Å². The molecule has 140 valence electrons. The molecule has 5 heteroatoms. The van der Waals surface area contributed by atoms with Gasteiger partial charge in [-0.25, -0.2) is 0 Å². The molecule has 4 rings (SSSR count). The van der Waals surface area contributed by atoms with Crippen LogP contribution in [0.4, 0.5) is 0 Å². The molecule has 3 aromatic rings. The van der Waals surface area contributed by atoms with Crippen LogP contribution in [0.5, 0.6) is 5.75 Å². The Morgan fingerprint density at radius 1 is 1.15 bits per heavy atom. The van der Waals surface area contributed by atoms with Crippen LogP contribution in [-0.2, 0) is 0 Å². The van der Waals surface area contributed by atoms with E-state index in [9.17, 15) is 4.79 Å². The number of ether oxygens (including phenoxy) is 1. The fourth-order valence-electron chi connectivity index (χ4n) is 3.82. The summed E-state index contributed by atoms with van der Waals surface area (Å²) < 4.78 is 5.27. The molecule has 0 radical (unpaired) electrons. The largest absolute Gasteiger partial charge is 0.497 e. The number of hydrogen-bond acceptors (Lipinski definition) is 3. The van der Waals surface area contributed by atoms with Crippen LogP contribution in [0.3, 0.4) is 0 Å². The Kier molecular flexibility index (Phi) is 5.12.